The molecule has 2 N–H and O–H groups in total. The molecule has 0 aliphatic heterocycles. The minimum absolute atomic E-state index is 0.365. The van der Waals surface area contributed by atoms with E-state index >= 15 is 0 Å². The predicted octanol–water partition coefficient (Wildman–Crippen LogP) is 3.62. The van der Waals surface area contributed by atoms with Crippen LogP contribution < -0.4 is 5.73 Å². The van der Waals surface area contributed by atoms with Gasteiger partial charge in [0.25, 0.3) is 0 Å². The van der Waals surface area contributed by atoms with Crippen molar-refractivity contribution in [1.82, 2.24) is 0 Å². The van der Waals surface area contributed by atoms with Crippen molar-refractivity contribution in [2.24, 2.45) is 11.7 Å². The molecular weight excluding hydrogens is 194 g/mol. The Morgan fingerprint density at radius 3 is 2.69 bits per heavy atom. The summed E-state index contributed by atoms with van der Waals surface area (Å²) in [5.41, 5.74) is 9.18. The Labute approximate surface area is 99.0 Å². The van der Waals surface area contributed by atoms with Gasteiger partial charge in [-0.05, 0) is 49.1 Å². The van der Waals surface area contributed by atoms with Crippen molar-refractivity contribution in [3.8, 4) is 0 Å². The van der Waals surface area contributed by atoms with Gasteiger partial charge in [0.05, 0.1) is 0 Å². The molecule has 1 aromatic rings. The molecule has 0 bridgehead atoms. The van der Waals surface area contributed by atoms with Gasteiger partial charge >= 0.3 is 0 Å². The third kappa shape index (κ3) is 2.30. The Kier molecular flexibility index (Phi) is 3.65. The van der Waals surface area contributed by atoms with Crippen LogP contribution in [0.2, 0.25) is 0 Å². The highest BCUT2D eigenvalue weighted by molar-refractivity contribution is 5.30. The average Bonchev–Trinajstić information content (AvgIpc) is 2.31. The second-order valence-electron chi connectivity index (χ2n) is 5.21. The summed E-state index contributed by atoms with van der Waals surface area (Å²) in [5.74, 6) is 1.46. The fourth-order valence-electron chi connectivity index (χ4n) is 3.01. The first-order chi connectivity index (χ1) is 7.72. The zero-order chi connectivity index (χ0) is 11.5. The van der Waals surface area contributed by atoms with Gasteiger partial charge in [0.1, 0.15) is 0 Å². The van der Waals surface area contributed by atoms with Gasteiger partial charge in [-0.15, -0.1) is 0 Å². The van der Waals surface area contributed by atoms with E-state index in [0.29, 0.717) is 12.0 Å². The van der Waals surface area contributed by atoms with Crippen LogP contribution in [0.4, 0.5) is 0 Å². The molecule has 88 valence electrons. The lowest BCUT2D eigenvalue weighted by Crippen LogP contribution is -2.34. The van der Waals surface area contributed by atoms with E-state index in [1.165, 1.54) is 36.8 Å². The fraction of sp³-hybridized carbons (Fsp3) is 0.600. The van der Waals surface area contributed by atoms with E-state index in [9.17, 15) is 0 Å². The van der Waals surface area contributed by atoms with Crippen LogP contribution in [0.3, 0.4) is 0 Å². The van der Waals surface area contributed by atoms with Crippen LogP contribution in [-0.2, 0) is 0 Å². The van der Waals surface area contributed by atoms with Crippen LogP contribution >= 0.6 is 0 Å². The molecule has 3 atom stereocenters. The van der Waals surface area contributed by atoms with Crippen LogP contribution in [0.1, 0.15) is 49.7 Å². The van der Waals surface area contributed by atoms with Gasteiger partial charge in [-0.3, -0.25) is 0 Å². The third-order valence-electron chi connectivity index (χ3n) is 4.18. The topological polar surface area (TPSA) is 26.0 Å². The zero-order valence-electron chi connectivity index (χ0n) is 10.4. The molecule has 0 heterocycles. The van der Waals surface area contributed by atoms with Crippen LogP contribution in [0.15, 0.2) is 24.3 Å². The molecule has 0 radical (unpaired) electrons. The average molecular weight is 217 g/mol. The number of aryl methyl sites for hydroxylation is 1. The zero-order valence-corrected chi connectivity index (χ0v) is 10.4. The second kappa shape index (κ2) is 5.01. The number of nitrogens with two attached hydrogens (primary N) is 1. The number of hydrogen-bond donors (Lipinski definition) is 1. The summed E-state index contributed by atoms with van der Waals surface area (Å²) in [6.45, 7) is 4.51. The summed E-state index contributed by atoms with van der Waals surface area (Å²) in [7, 11) is 0. The highest BCUT2D eigenvalue weighted by atomic mass is 14.7. The Bertz CT molecular complexity index is 345. The molecule has 1 aliphatic carbocycles. The number of benzene rings is 1. The first-order valence-electron chi connectivity index (χ1n) is 6.53. The second-order valence-corrected chi connectivity index (χ2v) is 5.21. The molecule has 1 saturated carbocycles. The largest absolute Gasteiger partial charge is 0.327 e. The lowest BCUT2D eigenvalue weighted by molar-refractivity contribution is 0.282. The van der Waals surface area contributed by atoms with Crippen molar-refractivity contribution in [2.45, 2.75) is 51.5 Å². The summed E-state index contributed by atoms with van der Waals surface area (Å²) in [4.78, 5) is 0. The van der Waals surface area contributed by atoms with E-state index < -0.39 is 0 Å². The van der Waals surface area contributed by atoms with Crippen LogP contribution in [0.5, 0.6) is 0 Å². The van der Waals surface area contributed by atoms with E-state index in [-0.39, 0.29) is 0 Å². The molecule has 0 amide bonds. The molecule has 1 heteroatoms. The summed E-state index contributed by atoms with van der Waals surface area (Å²) in [5, 5.41) is 0. The molecule has 0 saturated heterocycles. The van der Waals surface area contributed by atoms with E-state index in [0.717, 1.165) is 5.92 Å². The maximum atomic E-state index is 6.30. The Morgan fingerprint density at radius 2 is 2.00 bits per heavy atom. The third-order valence-corrected chi connectivity index (χ3v) is 4.18. The molecule has 16 heavy (non-hydrogen) atoms. The summed E-state index contributed by atoms with van der Waals surface area (Å²) >= 11 is 0. The first kappa shape index (κ1) is 11.7. The van der Waals surface area contributed by atoms with Gasteiger partial charge in [0.15, 0.2) is 0 Å². The van der Waals surface area contributed by atoms with Crippen LogP contribution in [-0.4, -0.2) is 6.04 Å². The highest BCUT2D eigenvalue weighted by Crippen LogP contribution is 2.37. The first-order valence-corrected chi connectivity index (χ1v) is 6.53. The molecule has 2 rings (SSSR count). The van der Waals surface area contributed by atoms with Crippen molar-refractivity contribution in [3.05, 3.63) is 35.4 Å². The van der Waals surface area contributed by atoms with Gasteiger partial charge in [0, 0.05) is 6.04 Å². The molecule has 0 aromatic heterocycles. The normalized spacial score (nSPS) is 30.3. The Morgan fingerprint density at radius 1 is 1.25 bits per heavy atom. The van der Waals surface area contributed by atoms with Crippen molar-refractivity contribution in [2.75, 3.05) is 0 Å². The molecule has 0 spiro atoms. The summed E-state index contributed by atoms with van der Waals surface area (Å²) < 4.78 is 0. The minimum Gasteiger partial charge on any atom is -0.327 e. The van der Waals surface area contributed by atoms with Gasteiger partial charge in [-0.25, -0.2) is 0 Å². The van der Waals surface area contributed by atoms with Crippen LogP contribution in [0.25, 0.3) is 0 Å². The SMILES string of the molecule is CCC1CCC(N)C(c2ccccc2C)C1. The van der Waals surface area contributed by atoms with E-state index in [1.54, 1.807) is 0 Å². The van der Waals surface area contributed by atoms with Gasteiger partial charge in [0.2, 0.25) is 0 Å². The molecule has 1 aliphatic rings. The van der Waals surface area contributed by atoms with E-state index in [2.05, 4.69) is 38.1 Å². The van der Waals surface area contributed by atoms with Gasteiger partial charge in [-0.2, -0.15) is 0 Å². The van der Waals surface area contributed by atoms with Crippen molar-refractivity contribution >= 4 is 0 Å². The maximum Gasteiger partial charge on any atom is 0.0108 e. The highest BCUT2D eigenvalue weighted by Gasteiger charge is 2.28. The predicted molar refractivity (Wildman–Crippen MR) is 69.5 cm³/mol. The van der Waals surface area contributed by atoms with E-state index in [1.807, 2.05) is 0 Å². The fourth-order valence-corrected chi connectivity index (χ4v) is 3.01. The standard InChI is InChI=1S/C15H23N/c1-3-12-8-9-15(16)14(10-12)13-7-5-4-6-11(13)2/h4-7,12,14-15H,3,8-10,16H2,1-2H3. The van der Waals surface area contributed by atoms with Gasteiger partial charge < -0.3 is 5.73 Å². The summed E-state index contributed by atoms with van der Waals surface area (Å²) in [6.07, 6.45) is 5.09. The van der Waals surface area contributed by atoms with Crippen LogP contribution in [0, 0.1) is 12.8 Å². The van der Waals surface area contributed by atoms with Gasteiger partial charge in [-0.1, -0.05) is 37.6 Å². The van der Waals surface area contributed by atoms with E-state index in [4.69, 9.17) is 5.73 Å². The van der Waals surface area contributed by atoms with Crippen molar-refractivity contribution < 1.29 is 0 Å². The molecule has 1 fully saturated rings. The lowest BCUT2D eigenvalue weighted by Gasteiger charge is -2.34. The monoisotopic (exact) mass is 217 g/mol. The molecular formula is C15H23N. The number of rotatable bonds is 2. The Hall–Kier alpha value is -0.820. The smallest absolute Gasteiger partial charge is 0.0108 e. The van der Waals surface area contributed by atoms with Crippen molar-refractivity contribution in [1.29, 1.82) is 0 Å². The Balaban J connectivity index is 2.21. The summed E-state index contributed by atoms with van der Waals surface area (Å²) in [6, 6.07) is 9.09. The maximum absolute atomic E-state index is 6.30. The lowest BCUT2D eigenvalue weighted by atomic mass is 9.73. The number of hydrogen-bond acceptors (Lipinski definition) is 1. The quantitative estimate of drug-likeness (QED) is 0.804. The molecule has 1 nitrogen and oxygen atoms in total. The minimum atomic E-state index is 0.365. The molecule has 3 unspecified atom stereocenters. The van der Waals surface area contributed by atoms with Crippen molar-refractivity contribution in [3.63, 3.8) is 0 Å². The molecule has 1 aromatic carbocycles.